The van der Waals surface area contributed by atoms with Crippen molar-refractivity contribution in [2.24, 2.45) is 7.05 Å². The largest absolute Gasteiger partial charge is 0.495 e. The van der Waals surface area contributed by atoms with E-state index < -0.39 is 0 Å². The van der Waals surface area contributed by atoms with Crippen molar-refractivity contribution in [1.82, 2.24) is 20.3 Å². The van der Waals surface area contributed by atoms with Crippen molar-refractivity contribution in [3.63, 3.8) is 0 Å². The Morgan fingerprint density at radius 1 is 1.50 bits per heavy atom. The molecule has 2 amide bonds. The van der Waals surface area contributed by atoms with Gasteiger partial charge in [-0.3, -0.25) is 5.32 Å². The van der Waals surface area contributed by atoms with E-state index in [0.29, 0.717) is 23.1 Å². The van der Waals surface area contributed by atoms with Gasteiger partial charge in [-0.1, -0.05) is 28.9 Å². The smallest absolute Gasteiger partial charge is 0.320 e. The van der Waals surface area contributed by atoms with E-state index in [1.165, 1.54) is 18.0 Å². The second-order valence-corrected chi connectivity index (χ2v) is 4.39. The highest BCUT2D eigenvalue weighted by atomic mass is 35.5. The van der Waals surface area contributed by atoms with Crippen LogP contribution >= 0.6 is 11.6 Å². The van der Waals surface area contributed by atoms with Crippen molar-refractivity contribution in [2.45, 2.75) is 6.54 Å². The van der Waals surface area contributed by atoms with Crippen LogP contribution in [0.3, 0.4) is 0 Å². The second kappa shape index (κ2) is 6.25. The zero-order chi connectivity index (χ0) is 14.5. The summed E-state index contributed by atoms with van der Waals surface area (Å²) < 4.78 is 6.66. The number of anilines is 1. The molecular weight excluding hydrogens is 282 g/mol. The molecule has 0 aliphatic heterocycles. The SMILES string of the molecule is COc1c(Cl)cccc1CNC(=O)Nc1cnnn1C. The van der Waals surface area contributed by atoms with Gasteiger partial charge in [-0.2, -0.15) is 0 Å². The summed E-state index contributed by atoms with van der Waals surface area (Å²) in [5.41, 5.74) is 0.790. The molecule has 0 aliphatic rings. The van der Waals surface area contributed by atoms with Gasteiger partial charge in [0.25, 0.3) is 0 Å². The van der Waals surface area contributed by atoms with Crippen LogP contribution in [0.15, 0.2) is 24.4 Å². The van der Waals surface area contributed by atoms with Gasteiger partial charge >= 0.3 is 6.03 Å². The molecule has 0 spiro atoms. The molecule has 2 N–H and O–H groups in total. The first-order chi connectivity index (χ1) is 9.61. The van der Waals surface area contributed by atoms with Gasteiger partial charge in [0.1, 0.15) is 5.75 Å². The van der Waals surface area contributed by atoms with Crippen molar-refractivity contribution in [2.75, 3.05) is 12.4 Å². The minimum atomic E-state index is -0.363. The van der Waals surface area contributed by atoms with Crippen molar-refractivity contribution in [3.8, 4) is 5.75 Å². The van der Waals surface area contributed by atoms with Crippen molar-refractivity contribution in [3.05, 3.63) is 35.0 Å². The third kappa shape index (κ3) is 3.18. The fourth-order valence-corrected chi connectivity index (χ4v) is 1.93. The maximum atomic E-state index is 11.8. The molecule has 0 bridgehead atoms. The van der Waals surface area contributed by atoms with Crippen LogP contribution < -0.4 is 15.4 Å². The second-order valence-electron chi connectivity index (χ2n) is 3.98. The predicted molar refractivity (Wildman–Crippen MR) is 74.9 cm³/mol. The highest BCUT2D eigenvalue weighted by molar-refractivity contribution is 6.32. The Kier molecular flexibility index (Phi) is 4.41. The summed E-state index contributed by atoms with van der Waals surface area (Å²) in [6, 6.07) is 4.99. The first kappa shape index (κ1) is 14.1. The molecular formula is C12H14ClN5O2. The number of benzene rings is 1. The highest BCUT2D eigenvalue weighted by Crippen LogP contribution is 2.27. The highest BCUT2D eigenvalue weighted by Gasteiger charge is 2.09. The Hall–Kier alpha value is -2.28. The van der Waals surface area contributed by atoms with E-state index in [9.17, 15) is 4.79 Å². The number of para-hydroxylation sites is 1. The quantitative estimate of drug-likeness (QED) is 0.901. The third-order valence-corrected chi connectivity index (χ3v) is 2.95. The number of halogens is 1. The molecule has 0 unspecified atom stereocenters. The van der Waals surface area contributed by atoms with E-state index in [2.05, 4.69) is 20.9 Å². The normalized spacial score (nSPS) is 10.2. The third-order valence-electron chi connectivity index (χ3n) is 2.65. The standard InChI is InChI=1S/C12H14ClN5O2/c1-18-10(7-15-17-18)16-12(19)14-6-8-4-3-5-9(13)11(8)20-2/h3-5,7H,6H2,1-2H3,(H2,14,16,19). The minimum Gasteiger partial charge on any atom is -0.495 e. The van der Waals surface area contributed by atoms with Crippen LogP contribution in [0.25, 0.3) is 0 Å². The zero-order valence-electron chi connectivity index (χ0n) is 11.1. The summed E-state index contributed by atoms with van der Waals surface area (Å²) in [7, 11) is 3.22. The number of rotatable bonds is 4. The summed E-state index contributed by atoms with van der Waals surface area (Å²) in [5, 5.41) is 13.2. The maximum absolute atomic E-state index is 11.8. The van der Waals surface area contributed by atoms with Gasteiger partial charge in [0, 0.05) is 19.2 Å². The molecule has 20 heavy (non-hydrogen) atoms. The Bertz CT molecular complexity index is 614. The van der Waals surface area contributed by atoms with E-state index in [1.54, 1.807) is 19.2 Å². The Balaban J connectivity index is 1.97. The maximum Gasteiger partial charge on any atom is 0.320 e. The first-order valence-electron chi connectivity index (χ1n) is 5.82. The number of aromatic nitrogens is 3. The van der Waals surface area contributed by atoms with E-state index in [1.807, 2.05) is 6.07 Å². The lowest BCUT2D eigenvalue weighted by atomic mass is 10.2. The van der Waals surface area contributed by atoms with Crippen LogP contribution in [0, 0.1) is 0 Å². The van der Waals surface area contributed by atoms with Gasteiger partial charge in [0.05, 0.1) is 18.3 Å². The molecule has 1 aromatic carbocycles. The summed E-state index contributed by atoms with van der Waals surface area (Å²) in [6.07, 6.45) is 1.46. The molecule has 2 rings (SSSR count). The fraction of sp³-hybridized carbons (Fsp3) is 0.250. The molecule has 2 aromatic rings. The summed E-state index contributed by atoms with van der Waals surface area (Å²) >= 11 is 6.01. The topological polar surface area (TPSA) is 81.1 Å². The summed E-state index contributed by atoms with van der Waals surface area (Å²) in [5.74, 6) is 1.05. The summed E-state index contributed by atoms with van der Waals surface area (Å²) in [4.78, 5) is 11.8. The van der Waals surface area contributed by atoms with Gasteiger partial charge in [-0.05, 0) is 6.07 Å². The van der Waals surface area contributed by atoms with E-state index in [4.69, 9.17) is 16.3 Å². The van der Waals surface area contributed by atoms with Gasteiger partial charge < -0.3 is 10.1 Å². The van der Waals surface area contributed by atoms with E-state index >= 15 is 0 Å². The number of urea groups is 1. The van der Waals surface area contributed by atoms with Gasteiger partial charge in [-0.15, -0.1) is 5.10 Å². The van der Waals surface area contributed by atoms with Crippen molar-refractivity contribution < 1.29 is 9.53 Å². The number of aryl methyl sites for hydroxylation is 1. The Labute approximate surface area is 120 Å². The van der Waals surface area contributed by atoms with Crippen molar-refractivity contribution in [1.29, 1.82) is 0 Å². The lowest BCUT2D eigenvalue weighted by Gasteiger charge is -2.11. The number of amides is 2. The van der Waals surface area contributed by atoms with Crippen LogP contribution in [0.4, 0.5) is 10.6 Å². The predicted octanol–water partition coefficient (Wildman–Crippen LogP) is 1.80. The van der Waals surface area contributed by atoms with E-state index in [-0.39, 0.29) is 6.03 Å². The Morgan fingerprint density at radius 2 is 2.30 bits per heavy atom. The van der Waals surface area contributed by atoms with Gasteiger partial charge in [0.2, 0.25) is 0 Å². The van der Waals surface area contributed by atoms with E-state index in [0.717, 1.165) is 5.56 Å². The number of nitrogens with one attached hydrogen (secondary N) is 2. The molecule has 0 radical (unpaired) electrons. The zero-order valence-corrected chi connectivity index (χ0v) is 11.8. The molecule has 7 nitrogen and oxygen atoms in total. The molecule has 1 aromatic heterocycles. The first-order valence-corrected chi connectivity index (χ1v) is 6.20. The molecule has 8 heteroatoms. The molecule has 0 saturated heterocycles. The van der Waals surface area contributed by atoms with Gasteiger partial charge in [-0.25, -0.2) is 9.48 Å². The van der Waals surface area contributed by atoms with Crippen LogP contribution in [0.2, 0.25) is 5.02 Å². The molecule has 0 fully saturated rings. The molecule has 0 aliphatic carbocycles. The number of ether oxygens (including phenoxy) is 1. The molecule has 106 valence electrons. The summed E-state index contributed by atoms with van der Waals surface area (Å²) in [6.45, 7) is 0.293. The molecule has 1 heterocycles. The number of hydrogen-bond acceptors (Lipinski definition) is 4. The number of carbonyl (C=O) groups is 1. The number of nitrogens with zero attached hydrogens (tertiary/aromatic N) is 3. The van der Waals surface area contributed by atoms with Crippen LogP contribution in [-0.4, -0.2) is 28.1 Å². The monoisotopic (exact) mass is 295 g/mol. The van der Waals surface area contributed by atoms with Crippen LogP contribution in [0.5, 0.6) is 5.75 Å². The molecule has 0 atom stereocenters. The number of carbonyl (C=O) groups excluding carboxylic acids is 1. The fourth-order valence-electron chi connectivity index (χ4n) is 1.66. The van der Waals surface area contributed by atoms with Crippen LogP contribution in [-0.2, 0) is 13.6 Å². The number of hydrogen-bond donors (Lipinski definition) is 2. The number of methoxy groups -OCH3 is 1. The van der Waals surface area contributed by atoms with Crippen LogP contribution in [0.1, 0.15) is 5.56 Å². The lowest BCUT2D eigenvalue weighted by molar-refractivity contribution is 0.251. The average Bonchev–Trinajstić information content (AvgIpc) is 2.82. The van der Waals surface area contributed by atoms with Crippen molar-refractivity contribution >= 4 is 23.4 Å². The Morgan fingerprint density at radius 3 is 2.95 bits per heavy atom. The average molecular weight is 296 g/mol. The van der Waals surface area contributed by atoms with Gasteiger partial charge in [0.15, 0.2) is 5.82 Å². The minimum absolute atomic E-state index is 0.293. The lowest BCUT2D eigenvalue weighted by Crippen LogP contribution is -2.29. The molecule has 0 saturated carbocycles.